The minimum absolute atomic E-state index is 0.0315. The molecule has 126 valence electrons. The number of hydrogen-bond acceptors (Lipinski definition) is 5. The standard InChI is InChI=1S/C16H14BrNO5S/c17-11-5-7-13(8-6-11)23-10-12(19)9-18-16(20)14-3-1-2-4-15(14)24(18,21)22/h1-8,12,19H,9-10H2/t12-/m1/s1. The number of aliphatic hydroxyl groups is 1. The van der Waals surface area contributed by atoms with Gasteiger partial charge in [0.25, 0.3) is 15.9 Å². The summed E-state index contributed by atoms with van der Waals surface area (Å²) < 4.78 is 31.8. The van der Waals surface area contributed by atoms with Crippen LogP contribution < -0.4 is 4.74 Å². The Labute approximate surface area is 147 Å². The highest BCUT2D eigenvalue weighted by molar-refractivity contribution is 9.10. The van der Waals surface area contributed by atoms with Gasteiger partial charge in [-0.25, -0.2) is 12.7 Å². The summed E-state index contributed by atoms with van der Waals surface area (Å²) in [6, 6.07) is 13.0. The molecule has 0 fully saturated rings. The molecule has 0 spiro atoms. The van der Waals surface area contributed by atoms with Crippen molar-refractivity contribution in [1.82, 2.24) is 4.31 Å². The number of aliphatic hydroxyl groups excluding tert-OH is 1. The quantitative estimate of drug-likeness (QED) is 0.813. The number of hydrogen-bond donors (Lipinski definition) is 1. The highest BCUT2D eigenvalue weighted by Gasteiger charge is 2.41. The first-order valence-corrected chi connectivity index (χ1v) is 9.35. The molecular weight excluding hydrogens is 398 g/mol. The molecule has 8 heteroatoms. The van der Waals surface area contributed by atoms with Crippen LogP contribution in [0.5, 0.6) is 5.75 Å². The SMILES string of the molecule is O=C1c2ccccc2S(=O)(=O)N1C[C@@H](O)COc1ccc(Br)cc1. The van der Waals surface area contributed by atoms with Gasteiger partial charge in [-0.3, -0.25) is 4.79 Å². The van der Waals surface area contributed by atoms with Crippen molar-refractivity contribution in [2.45, 2.75) is 11.0 Å². The summed E-state index contributed by atoms with van der Waals surface area (Å²) in [5.41, 5.74) is 0.124. The van der Waals surface area contributed by atoms with Gasteiger partial charge in [0.15, 0.2) is 0 Å². The van der Waals surface area contributed by atoms with Gasteiger partial charge in [0, 0.05) is 4.47 Å². The van der Waals surface area contributed by atoms with E-state index in [2.05, 4.69) is 15.9 Å². The van der Waals surface area contributed by atoms with E-state index in [0.29, 0.717) is 10.1 Å². The topological polar surface area (TPSA) is 83.9 Å². The fourth-order valence-corrected chi connectivity index (χ4v) is 4.25. The number of sulfonamides is 1. The maximum atomic E-state index is 12.4. The average molecular weight is 412 g/mol. The minimum atomic E-state index is -3.92. The van der Waals surface area contributed by atoms with Gasteiger partial charge in [-0.15, -0.1) is 0 Å². The summed E-state index contributed by atoms with van der Waals surface area (Å²) >= 11 is 3.30. The largest absolute Gasteiger partial charge is 0.491 e. The van der Waals surface area contributed by atoms with E-state index in [1.165, 1.54) is 12.1 Å². The molecule has 1 N–H and O–H groups in total. The van der Waals surface area contributed by atoms with Crippen LogP contribution in [0.2, 0.25) is 0 Å². The molecule has 0 aliphatic carbocycles. The molecule has 0 radical (unpaired) electrons. The van der Waals surface area contributed by atoms with Gasteiger partial charge in [-0.2, -0.15) is 0 Å². The first kappa shape index (κ1) is 16.9. The van der Waals surface area contributed by atoms with Gasteiger partial charge >= 0.3 is 0 Å². The van der Waals surface area contributed by atoms with E-state index in [0.717, 1.165) is 4.47 Å². The average Bonchev–Trinajstić information content (AvgIpc) is 2.76. The lowest BCUT2D eigenvalue weighted by Crippen LogP contribution is -2.39. The second kappa shape index (κ2) is 6.54. The number of carbonyl (C=O) groups is 1. The highest BCUT2D eigenvalue weighted by Crippen LogP contribution is 2.29. The molecule has 0 unspecified atom stereocenters. The Bertz CT molecular complexity index is 866. The van der Waals surface area contributed by atoms with Gasteiger partial charge in [-0.1, -0.05) is 28.1 Å². The van der Waals surface area contributed by atoms with Crippen LogP contribution >= 0.6 is 15.9 Å². The van der Waals surface area contributed by atoms with Crippen molar-refractivity contribution in [2.24, 2.45) is 0 Å². The van der Waals surface area contributed by atoms with Crippen molar-refractivity contribution in [3.63, 3.8) is 0 Å². The number of nitrogens with zero attached hydrogens (tertiary/aromatic N) is 1. The van der Waals surface area contributed by atoms with E-state index in [9.17, 15) is 18.3 Å². The van der Waals surface area contributed by atoms with E-state index in [-0.39, 0.29) is 23.6 Å². The molecule has 2 aromatic carbocycles. The van der Waals surface area contributed by atoms with Crippen LogP contribution in [0.15, 0.2) is 57.9 Å². The van der Waals surface area contributed by atoms with E-state index < -0.39 is 22.0 Å². The number of benzene rings is 2. The van der Waals surface area contributed by atoms with Crippen molar-refractivity contribution >= 4 is 31.9 Å². The molecule has 6 nitrogen and oxygen atoms in total. The maximum Gasteiger partial charge on any atom is 0.269 e. The number of ether oxygens (including phenoxy) is 1. The third-order valence-electron chi connectivity index (χ3n) is 3.54. The Morgan fingerprint density at radius 1 is 1.12 bits per heavy atom. The highest BCUT2D eigenvalue weighted by atomic mass is 79.9. The van der Waals surface area contributed by atoms with Crippen LogP contribution in [0.3, 0.4) is 0 Å². The summed E-state index contributed by atoms with van der Waals surface area (Å²) in [5.74, 6) is -0.0931. The van der Waals surface area contributed by atoms with Crippen molar-refractivity contribution in [1.29, 1.82) is 0 Å². The Morgan fingerprint density at radius 3 is 2.46 bits per heavy atom. The molecular formula is C16H14BrNO5S. The lowest BCUT2D eigenvalue weighted by Gasteiger charge is -2.19. The van der Waals surface area contributed by atoms with Gasteiger partial charge in [-0.05, 0) is 36.4 Å². The molecule has 0 aromatic heterocycles. The van der Waals surface area contributed by atoms with E-state index in [1.54, 1.807) is 36.4 Å². The molecule has 1 atom stereocenters. The molecule has 0 saturated heterocycles. The molecule has 0 bridgehead atoms. The number of halogens is 1. The predicted octanol–water partition coefficient (Wildman–Crippen LogP) is 2.03. The fraction of sp³-hybridized carbons (Fsp3) is 0.188. The predicted molar refractivity (Wildman–Crippen MR) is 90.3 cm³/mol. The van der Waals surface area contributed by atoms with Gasteiger partial charge in [0.05, 0.1) is 12.1 Å². The maximum absolute atomic E-state index is 12.4. The smallest absolute Gasteiger partial charge is 0.269 e. The van der Waals surface area contributed by atoms with Crippen molar-refractivity contribution in [2.75, 3.05) is 13.2 Å². The Hall–Kier alpha value is -1.90. The van der Waals surface area contributed by atoms with Crippen LogP contribution in [0, 0.1) is 0 Å². The molecule has 24 heavy (non-hydrogen) atoms. The number of carbonyl (C=O) groups excluding carboxylic acids is 1. The summed E-state index contributed by atoms with van der Waals surface area (Å²) in [6.07, 6.45) is -1.14. The first-order chi connectivity index (χ1) is 11.4. The number of β-amino-alcohol motifs (C(OH)–C–C–N with tert-alkyl or cyclic N) is 1. The van der Waals surface area contributed by atoms with Crippen LogP contribution in [0.1, 0.15) is 10.4 Å². The monoisotopic (exact) mass is 411 g/mol. The number of rotatable bonds is 5. The fourth-order valence-electron chi connectivity index (χ4n) is 2.38. The zero-order chi connectivity index (χ0) is 17.3. The van der Waals surface area contributed by atoms with E-state index in [1.807, 2.05) is 0 Å². The normalized spacial score (nSPS) is 16.8. The van der Waals surface area contributed by atoms with Crippen molar-refractivity contribution in [3.05, 3.63) is 58.6 Å². The van der Waals surface area contributed by atoms with E-state index >= 15 is 0 Å². The van der Waals surface area contributed by atoms with Gasteiger partial charge in [0.1, 0.15) is 23.4 Å². The third kappa shape index (κ3) is 3.17. The van der Waals surface area contributed by atoms with Crippen LogP contribution in [-0.4, -0.2) is 43.0 Å². The summed E-state index contributed by atoms with van der Waals surface area (Å²) in [6.45, 7) is -0.482. The summed E-state index contributed by atoms with van der Waals surface area (Å²) in [7, 11) is -3.92. The third-order valence-corrected chi connectivity index (χ3v) is 5.88. The lowest BCUT2D eigenvalue weighted by atomic mass is 10.2. The van der Waals surface area contributed by atoms with Crippen LogP contribution in [0.25, 0.3) is 0 Å². The second-order valence-corrected chi connectivity index (χ2v) is 8.00. The second-order valence-electron chi connectivity index (χ2n) is 5.26. The van der Waals surface area contributed by atoms with Crippen LogP contribution in [0.4, 0.5) is 0 Å². The molecule has 0 saturated carbocycles. The van der Waals surface area contributed by atoms with Gasteiger partial charge < -0.3 is 9.84 Å². The first-order valence-electron chi connectivity index (χ1n) is 7.12. The Morgan fingerprint density at radius 2 is 1.79 bits per heavy atom. The molecule has 1 amide bonds. The molecule has 3 rings (SSSR count). The van der Waals surface area contributed by atoms with Crippen LogP contribution in [-0.2, 0) is 10.0 Å². The van der Waals surface area contributed by atoms with Crippen molar-refractivity contribution in [3.8, 4) is 5.75 Å². The molecule has 1 heterocycles. The zero-order valence-corrected chi connectivity index (χ0v) is 14.8. The van der Waals surface area contributed by atoms with E-state index in [4.69, 9.17) is 4.74 Å². The minimum Gasteiger partial charge on any atom is -0.491 e. The Balaban J connectivity index is 1.68. The Kier molecular flexibility index (Phi) is 4.62. The van der Waals surface area contributed by atoms with Gasteiger partial charge in [0.2, 0.25) is 0 Å². The number of fused-ring (bicyclic) bond motifs is 1. The zero-order valence-electron chi connectivity index (χ0n) is 12.4. The summed E-state index contributed by atoms with van der Waals surface area (Å²) in [4.78, 5) is 12.2. The summed E-state index contributed by atoms with van der Waals surface area (Å²) in [5, 5.41) is 10.1. The number of amides is 1. The molecule has 1 aliphatic heterocycles. The van der Waals surface area contributed by atoms with Crippen molar-refractivity contribution < 1.29 is 23.1 Å². The molecule has 2 aromatic rings. The lowest BCUT2D eigenvalue weighted by molar-refractivity contribution is 0.0687. The molecule has 1 aliphatic rings.